The van der Waals surface area contributed by atoms with Gasteiger partial charge in [-0.2, -0.15) is 0 Å². The molecule has 1 saturated heterocycles. The molecule has 110 valence electrons. The van der Waals surface area contributed by atoms with E-state index in [9.17, 15) is 4.79 Å². The maximum absolute atomic E-state index is 12.3. The van der Waals surface area contributed by atoms with Crippen molar-refractivity contribution in [3.63, 3.8) is 0 Å². The number of rotatable bonds is 5. The second-order valence-electron chi connectivity index (χ2n) is 5.98. The van der Waals surface area contributed by atoms with Crippen molar-refractivity contribution in [1.29, 1.82) is 0 Å². The molecule has 1 N–H and O–H groups in total. The van der Waals surface area contributed by atoms with Crippen molar-refractivity contribution in [1.82, 2.24) is 10.2 Å². The lowest BCUT2D eigenvalue weighted by atomic mass is 10.0. The van der Waals surface area contributed by atoms with Crippen molar-refractivity contribution < 1.29 is 4.79 Å². The van der Waals surface area contributed by atoms with Crippen LogP contribution in [0.25, 0.3) is 0 Å². The third kappa shape index (κ3) is 3.83. The number of carbonyl (C=O) groups is 1. The lowest BCUT2D eigenvalue weighted by molar-refractivity contribution is -0.130. The van der Waals surface area contributed by atoms with Crippen LogP contribution in [0.5, 0.6) is 0 Å². The molecule has 0 aromatic heterocycles. The quantitative estimate of drug-likeness (QED) is 0.893. The Morgan fingerprint density at radius 1 is 1.40 bits per heavy atom. The highest BCUT2D eigenvalue weighted by Crippen LogP contribution is 2.18. The molecule has 2 rings (SSSR count). The summed E-state index contributed by atoms with van der Waals surface area (Å²) in [6, 6.07) is 6.48. The molecule has 0 spiro atoms. The third-order valence-electron chi connectivity index (χ3n) is 4.24. The highest BCUT2D eigenvalue weighted by molar-refractivity contribution is 5.76. The van der Waals surface area contributed by atoms with Crippen molar-refractivity contribution in [3.8, 4) is 0 Å². The Kier molecular flexibility index (Phi) is 5.18. The summed E-state index contributed by atoms with van der Waals surface area (Å²) in [7, 11) is 1.98. The van der Waals surface area contributed by atoms with E-state index in [1.807, 2.05) is 11.9 Å². The first-order valence-corrected chi connectivity index (χ1v) is 7.58. The molecule has 1 aromatic carbocycles. The number of carbonyl (C=O) groups excluding carboxylic acids is 1. The van der Waals surface area contributed by atoms with E-state index in [0.29, 0.717) is 18.2 Å². The van der Waals surface area contributed by atoms with Gasteiger partial charge in [-0.05, 0) is 57.3 Å². The number of amides is 1. The molecule has 3 heteroatoms. The minimum Gasteiger partial charge on any atom is -0.342 e. The Balaban J connectivity index is 1.83. The molecule has 0 radical (unpaired) electrons. The van der Waals surface area contributed by atoms with E-state index in [1.54, 1.807) is 0 Å². The van der Waals surface area contributed by atoms with Crippen LogP contribution in [0.4, 0.5) is 0 Å². The molecule has 1 aromatic rings. The zero-order valence-electron chi connectivity index (χ0n) is 12.9. The average molecular weight is 274 g/mol. The first kappa shape index (κ1) is 15.0. The number of nitrogens with one attached hydrogen (secondary N) is 1. The summed E-state index contributed by atoms with van der Waals surface area (Å²) in [6.45, 7) is 7.10. The predicted molar refractivity (Wildman–Crippen MR) is 82.9 cm³/mol. The molecule has 1 heterocycles. The Bertz CT molecular complexity index is 470. The average Bonchev–Trinajstić information content (AvgIpc) is 2.86. The number of likely N-dealkylation sites (tertiary alicyclic amines) is 1. The fraction of sp³-hybridized carbons (Fsp3) is 0.588. The van der Waals surface area contributed by atoms with Gasteiger partial charge in [-0.3, -0.25) is 4.79 Å². The molecule has 0 aliphatic carbocycles. The van der Waals surface area contributed by atoms with Gasteiger partial charge in [0.25, 0.3) is 0 Å². The predicted octanol–water partition coefficient (Wildman–Crippen LogP) is 2.30. The summed E-state index contributed by atoms with van der Waals surface area (Å²) in [5, 5.41) is 3.20. The van der Waals surface area contributed by atoms with Crippen molar-refractivity contribution in [2.45, 2.75) is 33.1 Å². The highest BCUT2D eigenvalue weighted by atomic mass is 16.2. The number of hydrogen-bond donors (Lipinski definition) is 1. The van der Waals surface area contributed by atoms with Crippen LogP contribution in [0.2, 0.25) is 0 Å². The lowest BCUT2D eigenvalue weighted by Gasteiger charge is -2.17. The molecule has 0 bridgehead atoms. The summed E-state index contributed by atoms with van der Waals surface area (Å²) in [4.78, 5) is 14.3. The van der Waals surface area contributed by atoms with Gasteiger partial charge in [0.2, 0.25) is 5.91 Å². The van der Waals surface area contributed by atoms with E-state index in [1.165, 1.54) is 16.7 Å². The van der Waals surface area contributed by atoms with Crippen molar-refractivity contribution in [2.75, 3.05) is 26.7 Å². The van der Waals surface area contributed by atoms with E-state index in [0.717, 1.165) is 32.5 Å². The van der Waals surface area contributed by atoms with E-state index in [2.05, 4.69) is 37.4 Å². The maximum atomic E-state index is 12.3. The smallest absolute Gasteiger partial charge is 0.222 e. The summed E-state index contributed by atoms with van der Waals surface area (Å²) in [5.74, 6) is 0.939. The van der Waals surface area contributed by atoms with Crippen LogP contribution in [0.1, 0.15) is 29.5 Å². The maximum Gasteiger partial charge on any atom is 0.222 e. The van der Waals surface area contributed by atoms with Gasteiger partial charge < -0.3 is 10.2 Å². The van der Waals surface area contributed by atoms with Crippen molar-refractivity contribution in [3.05, 3.63) is 34.9 Å². The third-order valence-corrected chi connectivity index (χ3v) is 4.24. The molecule has 1 atom stereocenters. The highest BCUT2D eigenvalue weighted by Gasteiger charge is 2.25. The molecule has 0 saturated carbocycles. The van der Waals surface area contributed by atoms with Gasteiger partial charge in [-0.15, -0.1) is 0 Å². The van der Waals surface area contributed by atoms with Crippen LogP contribution < -0.4 is 5.32 Å². The van der Waals surface area contributed by atoms with Gasteiger partial charge in [-0.25, -0.2) is 0 Å². The number of nitrogens with zero attached hydrogens (tertiary/aromatic N) is 1. The summed E-state index contributed by atoms with van der Waals surface area (Å²) in [6.07, 6.45) is 2.63. The van der Waals surface area contributed by atoms with Gasteiger partial charge in [0.1, 0.15) is 0 Å². The normalized spacial score (nSPS) is 18.6. The molecule has 3 nitrogen and oxygen atoms in total. The van der Waals surface area contributed by atoms with Gasteiger partial charge >= 0.3 is 0 Å². The van der Waals surface area contributed by atoms with Gasteiger partial charge in [0, 0.05) is 19.5 Å². The van der Waals surface area contributed by atoms with E-state index in [-0.39, 0.29) is 0 Å². The molecule has 1 aliphatic rings. The molecular formula is C17H26N2O. The van der Waals surface area contributed by atoms with Crippen LogP contribution in [0, 0.1) is 19.8 Å². The molecule has 0 unspecified atom stereocenters. The van der Waals surface area contributed by atoms with Crippen LogP contribution in [0.15, 0.2) is 18.2 Å². The Hall–Kier alpha value is -1.35. The molecule has 1 amide bonds. The minimum absolute atomic E-state index is 0.309. The fourth-order valence-corrected chi connectivity index (χ4v) is 3.04. The summed E-state index contributed by atoms with van der Waals surface area (Å²) in [5.41, 5.74) is 3.88. The van der Waals surface area contributed by atoms with E-state index < -0.39 is 0 Å². The zero-order valence-corrected chi connectivity index (χ0v) is 12.9. The second-order valence-corrected chi connectivity index (χ2v) is 5.98. The summed E-state index contributed by atoms with van der Waals surface area (Å²) < 4.78 is 0. The first-order valence-electron chi connectivity index (χ1n) is 7.58. The van der Waals surface area contributed by atoms with Crippen molar-refractivity contribution in [2.24, 2.45) is 5.92 Å². The molecular weight excluding hydrogens is 248 g/mol. The topological polar surface area (TPSA) is 32.3 Å². The van der Waals surface area contributed by atoms with Gasteiger partial charge in [0.05, 0.1) is 0 Å². The molecule has 1 aliphatic heterocycles. The standard InChI is InChI=1S/C17H26N2O/c1-13-4-5-16(14(2)10-13)6-7-17(20)19-9-8-15(12-19)11-18-3/h4-5,10,15,18H,6-9,11-12H2,1-3H3/t15-/m1/s1. The largest absolute Gasteiger partial charge is 0.342 e. The van der Waals surface area contributed by atoms with Crippen molar-refractivity contribution >= 4 is 5.91 Å². The van der Waals surface area contributed by atoms with Crippen LogP contribution in [0.3, 0.4) is 0 Å². The van der Waals surface area contributed by atoms with Gasteiger partial charge in [-0.1, -0.05) is 23.8 Å². The fourth-order valence-electron chi connectivity index (χ4n) is 3.04. The lowest BCUT2D eigenvalue weighted by Crippen LogP contribution is -2.30. The van der Waals surface area contributed by atoms with Crippen LogP contribution in [-0.2, 0) is 11.2 Å². The SMILES string of the molecule is CNC[C@H]1CCN(C(=O)CCc2ccc(C)cc2C)C1. The zero-order chi connectivity index (χ0) is 14.5. The second kappa shape index (κ2) is 6.89. The monoisotopic (exact) mass is 274 g/mol. The van der Waals surface area contributed by atoms with Crippen LogP contribution in [-0.4, -0.2) is 37.5 Å². The summed E-state index contributed by atoms with van der Waals surface area (Å²) >= 11 is 0. The number of aryl methyl sites for hydroxylation is 3. The Morgan fingerprint density at radius 2 is 2.20 bits per heavy atom. The molecule has 20 heavy (non-hydrogen) atoms. The number of hydrogen-bond acceptors (Lipinski definition) is 2. The Morgan fingerprint density at radius 3 is 2.90 bits per heavy atom. The first-order chi connectivity index (χ1) is 9.60. The number of benzene rings is 1. The minimum atomic E-state index is 0.309. The van der Waals surface area contributed by atoms with Gasteiger partial charge in [0.15, 0.2) is 0 Å². The van der Waals surface area contributed by atoms with E-state index in [4.69, 9.17) is 0 Å². The Labute approximate surface area is 122 Å². The molecule has 1 fully saturated rings. The van der Waals surface area contributed by atoms with E-state index >= 15 is 0 Å². The van der Waals surface area contributed by atoms with Crippen LogP contribution >= 0.6 is 0 Å².